The molecule has 23 heavy (non-hydrogen) atoms. The summed E-state index contributed by atoms with van der Waals surface area (Å²) in [6.07, 6.45) is 3.84. The third-order valence-corrected chi connectivity index (χ3v) is 3.45. The number of Topliss-reactive ketones (excluding diaryl/α,β-unsaturated/α-hetero) is 1. The van der Waals surface area contributed by atoms with Crippen LogP contribution < -0.4 is 10.1 Å². The molecule has 5 nitrogen and oxygen atoms in total. The fourth-order valence-corrected chi connectivity index (χ4v) is 2.11. The molecule has 0 aliphatic carbocycles. The van der Waals surface area contributed by atoms with Crippen LogP contribution in [0.1, 0.15) is 42.2 Å². The largest absolute Gasteiger partial charge is 0.484 e. The number of ether oxygens (including phenoxy) is 1. The first kappa shape index (κ1) is 16.7. The molecule has 1 amide bonds. The Balaban J connectivity index is 1.83. The van der Waals surface area contributed by atoms with Gasteiger partial charge in [-0.25, -0.2) is 0 Å². The first-order valence-corrected chi connectivity index (χ1v) is 7.55. The number of pyridine rings is 1. The lowest BCUT2D eigenvalue weighted by atomic mass is 10.1. The normalized spacial score (nSPS) is 11.6. The minimum absolute atomic E-state index is 0.0729. The molecule has 1 heterocycles. The monoisotopic (exact) mass is 312 g/mol. The quantitative estimate of drug-likeness (QED) is 0.798. The van der Waals surface area contributed by atoms with Crippen molar-refractivity contribution in [2.75, 3.05) is 6.61 Å². The van der Waals surface area contributed by atoms with Crippen molar-refractivity contribution < 1.29 is 14.3 Å². The second-order valence-electron chi connectivity index (χ2n) is 5.16. The molecule has 0 fully saturated rings. The Morgan fingerprint density at radius 1 is 1.13 bits per heavy atom. The summed E-state index contributed by atoms with van der Waals surface area (Å²) in [5.41, 5.74) is 1.63. The molecule has 0 saturated carbocycles. The summed E-state index contributed by atoms with van der Waals surface area (Å²) < 4.78 is 5.44. The van der Waals surface area contributed by atoms with Crippen molar-refractivity contribution in [3.63, 3.8) is 0 Å². The maximum Gasteiger partial charge on any atom is 0.258 e. The van der Waals surface area contributed by atoms with Gasteiger partial charge in [-0.15, -0.1) is 0 Å². The van der Waals surface area contributed by atoms with E-state index in [9.17, 15) is 9.59 Å². The minimum atomic E-state index is -0.206. The molecular weight excluding hydrogens is 292 g/mol. The van der Waals surface area contributed by atoms with Crippen LogP contribution in [0.3, 0.4) is 0 Å². The second-order valence-corrected chi connectivity index (χ2v) is 5.16. The number of rotatable bonds is 7. The molecule has 0 saturated heterocycles. The molecule has 1 atom stereocenters. The highest BCUT2D eigenvalue weighted by Crippen LogP contribution is 2.14. The first-order valence-electron chi connectivity index (χ1n) is 7.55. The Morgan fingerprint density at radius 3 is 2.39 bits per heavy atom. The van der Waals surface area contributed by atoms with Crippen LogP contribution in [0.4, 0.5) is 0 Å². The lowest BCUT2D eigenvalue weighted by Crippen LogP contribution is -2.31. The fraction of sp³-hybridized carbons (Fsp3) is 0.278. The summed E-state index contributed by atoms with van der Waals surface area (Å²) in [4.78, 5) is 27.4. The van der Waals surface area contributed by atoms with Crippen molar-refractivity contribution in [3.05, 3.63) is 59.9 Å². The molecule has 5 heteroatoms. The lowest BCUT2D eigenvalue weighted by Gasteiger charge is -2.14. The smallest absolute Gasteiger partial charge is 0.258 e. The van der Waals surface area contributed by atoms with Crippen LogP contribution in [-0.4, -0.2) is 23.3 Å². The number of nitrogens with one attached hydrogen (secondary N) is 1. The number of carbonyl (C=O) groups is 2. The fourth-order valence-electron chi connectivity index (χ4n) is 2.11. The third-order valence-electron chi connectivity index (χ3n) is 3.45. The second kappa shape index (κ2) is 8.08. The van der Waals surface area contributed by atoms with Crippen molar-refractivity contribution >= 4 is 11.7 Å². The molecule has 2 rings (SSSR count). The maximum atomic E-state index is 11.9. The number of hydrogen-bond acceptors (Lipinski definition) is 4. The average molecular weight is 312 g/mol. The average Bonchev–Trinajstić information content (AvgIpc) is 2.60. The Kier molecular flexibility index (Phi) is 5.86. The van der Waals surface area contributed by atoms with Gasteiger partial charge in [-0.1, -0.05) is 6.92 Å². The topological polar surface area (TPSA) is 68.3 Å². The van der Waals surface area contributed by atoms with Gasteiger partial charge in [0.2, 0.25) is 0 Å². The van der Waals surface area contributed by atoms with Gasteiger partial charge in [-0.2, -0.15) is 0 Å². The molecular formula is C18H20N2O3. The standard InChI is InChI=1S/C18H20N2O3/c1-3-17(21)15-4-6-16(7-5-15)23-12-18(22)20-13(2)14-8-10-19-11-9-14/h4-11,13H,3,12H2,1-2H3,(H,20,22). The van der Waals surface area contributed by atoms with Crippen LogP contribution in [0.25, 0.3) is 0 Å². The summed E-state index contributed by atoms with van der Waals surface area (Å²) in [6, 6.07) is 10.4. The first-order chi connectivity index (χ1) is 11.1. The SMILES string of the molecule is CCC(=O)c1ccc(OCC(=O)NC(C)c2ccncc2)cc1. The van der Waals surface area contributed by atoms with Gasteiger partial charge in [0.05, 0.1) is 6.04 Å². The molecule has 1 unspecified atom stereocenters. The highest BCUT2D eigenvalue weighted by Gasteiger charge is 2.10. The summed E-state index contributed by atoms with van der Waals surface area (Å²) in [6.45, 7) is 3.65. The minimum Gasteiger partial charge on any atom is -0.484 e. The van der Waals surface area contributed by atoms with Crippen LogP contribution in [0.2, 0.25) is 0 Å². The number of amides is 1. The highest BCUT2D eigenvalue weighted by molar-refractivity contribution is 5.95. The zero-order valence-corrected chi connectivity index (χ0v) is 13.3. The number of hydrogen-bond donors (Lipinski definition) is 1. The van der Waals surface area contributed by atoms with E-state index in [2.05, 4.69) is 10.3 Å². The summed E-state index contributed by atoms with van der Waals surface area (Å²) in [7, 11) is 0. The molecule has 2 aromatic rings. The van der Waals surface area contributed by atoms with Gasteiger partial charge in [0.25, 0.3) is 5.91 Å². The zero-order chi connectivity index (χ0) is 16.7. The molecule has 0 aliphatic rings. The molecule has 120 valence electrons. The highest BCUT2D eigenvalue weighted by atomic mass is 16.5. The number of carbonyl (C=O) groups excluding carboxylic acids is 2. The Hall–Kier alpha value is -2.69. The van der Waals surface area contributed by atoms with Gasteiger partial charge < -0.3 is 10.1 Å². The van der Waals surface area contributed by atoms with Crippen LogP contribution >= 0.6 is 0 Å². The van der Waals surface area contributed by atoms with Crippen LogP contribution in [0, 0.1) is 0 Å². The van der Waals surface area contributed by atoms with Crippen LogP contribution in [0.15, 0.2) is 48.8 Å². The number of aromatic nitrogens is 1. The lowest BCUT2D eigenvalue weighted by molar-refractivity contribution is -0.123. The molecule has 0 radical (unpaired) electrons. The Labute approximate surface area is 135 Å². The van der Waals surface area contributed by atoms with E-state index < -0.39 is 0 Å². The summed E-state index contributed by atoms with van der Waals surface area (Å²) >= 11 is 0. The van der Waals surface area contributed by atoms with Gasteiger partial charge in [-0.05, 0) is 48.9 Å². The van der Waals surface area contributed by atoms with Gasteiger partial charge in [0, 0.05) is 24.4 Å². The predicted octanol–water partition coefficient (Wildman–Crippen LogP) is 2.93. The van der Waals surface area contributed by atoms with Gasteiger partial charge in [0.1, 0.15) is 5.75 Å². The van der Waals surface area contributed by atoms with E-state index in [1.54, 1.807) is 36.7 Å². The molecule has 0 bridgehead atoms. The van der Waals surface area contributed by atoms with E-state index in [1.165, 1.54) is 0 Å². The van der Waals surface area contributed by atoms with E-state index in [1.807, 2.05) is 26.0 Å². The van der Waals surface area contributed by atoms with E-state index in [0.717, 1.165) is 5.56 Å². The van der Waals surface area contributed by atoms with E-state index >= 15 is 0 Å². The molecule has 1 aromatic heterocycles. The van der Waals surface area contributed by atoms with Crippen LogP contribution in [-0.2, 0) is 4.79 Å². The van der Waals surface area contributed by atoms with E-state index in [0.29, 0.717) is 17.7 Å². The number of ketones is 1. The van der Waals surface area contributed by atoms with E-state index in [4.69, 9.17) is 4.74 Å². The Bertz CT molecular complexity index is 654. The molecule has 0 spiro atoms. The van der Waals surface area contributed by atoms with Gasteiger partial charge in [0.15, 0.2) is 12.4 Å². The van der Waals surface area contributed by atoms with E-state index in [-0.39, 0.29) is 24.3 Å². The molecule has 0 aliphatic heterocycles. The van der Waals surface area contributed by atoms with Crippen molar-refractivity contribution in [2.24, 2.45) is 0 Å². The van der Waals surface area contributed by atoms with Crippen molar-refractivity contribution in [2.45, 2.75) is 26.3 Å². The number of benzene rings is 1. The Morgan fingerprint density at radius 2 is 1.78 bits per heavy atom. The van der Waals surface area contributed by atoms with Crippen molar-refractivity contribution in [1.29, 1.82) is 0 Å². The third kappa shape index (κ3) is 4.92. The summed E-state index contributed by atoms with van der Waals surface area (Å²) in [5, 5.41) is 2.86. The van der Waals surface area contributed by atoms with Crippen molar-refractivity contribution in [3.8, 4) is 5.75 Å². The molecule has 1 N–H and O–H groups in total. The zero-order valence-electron chi connectivity index (χ0n) is 13.3. The number of nitrogens with zero attached hydrogens (tertiary/aromatic N) is 1. The maximum absolute atomic E-state index is 11.9. The molecule has 1 aromatic carbocycles. The van der Waals surface area contributed by atoms with Crippen molar-refractivity contribution in [1.82, 2.24) is 10.3 Å². The van der Waals surface area contributed by atoms with Gasteiger partial charge in [-0.3, -0.25) is 14.6 Å². The van der Waals surface area contributed by atoms with Crippen LogP contribution in [0.5, 0.6) is 5.75 Å². The summed E-state index contributed by atoms with van der Waals surface area (Å²) in [5.74, 6) is 0.438. The predicted molar refractivity (Wildman–Crippen MR) is 87.4 cm³/mol. The van der Waals surface area contributed by atoms with Gasteiger partial charge >= 0.3 is 0 Å².